The van der Waals surface area contributed by atoms with E-state index in [-0.39, 0.29) is 0 Å². The molecule has 2 aromatic rings. The molecule has 5 nitrogen and oxygen atoms in total. The van der Waals surface area contributed by atoms with Gasteiger partial charge in [-0.2, -0.15) is 0 Å². The lowest BCUT2D eigenvalue weighted by molar-refractivity contribution is -0.625. The number of nitrogen functional groups attached to an aromatic ring is 1. The van der Waals surface area contributed by atoms with Crippen molar-refractivity contribution in [3.8, 4) is 5.75 Å². The zero-order valence-electron chi connectivity index (χ0n) is 8.29. The summed E-state index contributed by atoms with van der Waals surface area (Å²) in [5.74, 6) is 7.39. The molecule has 0 bridgehead atoms. The van der Waals surface area contributed by atoms with Crippen molar-refractivity contribution < 1.29 is 9.51 Å². The van der Waals surface area contributed by atoms with Crippen LogP contribution in [-0.2, 0) is 0 Å². The van der Waals surface area contributed by atoms with Crippen LogP contribution in [0.3, 0.4) is 0 Å². The average Bonchev–Trinajstić information content (AvgIpc) is 2.61. The first kappa shape index (κ1) is 8.16. The van der Waals surface area contributed by atoms with Gasteiger partial charge in [0.2, 0.25) is 5.75 Å². The predicted molar refractivity (Wildman–Crippen MR) is 55.3 cm³/mol. The van der Waals surface area contributed by atoms with Crippen molar-refractivity contribution in [3.05, 3.63) is 36.7 Å². The first-order valence-electron chi connectivity index (χ1n) is 4.66. The molecular weight excluding hydrogens is 192 g/mol. The van der Waals surface area contributed by atoms with Gasteiger partial charge in [0.05, 0.1) is 7.05 Å². The Labute approximate surface area is 86.8 Å². The fourth-order valence-corrected chi connectivity index (χ4v) is 1.80. The van der Waals surface area contributed by atoms with Crippen molar-refractivity contribution >= 4 is 11.6 Å². The van der Waals surface area contributed by atoms with Crippen molar-refractivity contribution in [2.45, 2.75) is 0 Å². The molecule has 0 radical (unpaired) electrons. The normalized spacial score (nSPS) is 13.0. The summed E-state index contributed by atoms with van der Waals surface area (Å²) in [6.07, 6.45) is 3.53. The second kappa shape index (κ2) is 2.66. The van der Waals surface area contributed by atoms with Crippen molar-refractivity contribution in [2.24, 2.45) is 0 Å². The zero-order valence-corrected chi connectivity index (χ0v) is 8.29. The molecule has 0 aliphatic carbocycles. The molecule has 15 heavy (non-hydrogen) atoms. The molecule has 0 saturated heterocycles. The van der Waals surface area contributed by atoms with Gasteiger partial charge in [-0.3, -0.25) is 5.84 Å². The Bertz CT molecular complexity index is 520. The third-order valence-corrected chi connectivity index (χ3v) is 2.51. The summed E-state index contributed by atoms with van der Waals surface area (Å²) in [6.45, 7) is 0. The summed E-state index contributed by atoms with van der Waals surface area (Å²) in [5.41, 5.74) is 1.00. The number of anilines is 2. The van der Waals surface area contributed by atoms with Crippen LogP contribution in [-0.4, -0.2) is 11.8 Å². The van der Waals surface area contributed by atoms with E-state index in [1.807, 2.05) is 36.2 Å². The standard InChI is InChI=1S/C10H11N4O/c1-12-8-4-2-3-5-9(8)15-14-7-6-13(11)10(12)14/h2-7H,11H2,1H3/q+1. The molecule has 0 fully saturated rings. The molecular formula is C10H11N4O+. The second-order valence-corrected chi connectivity index (χ2v) is 3.45. The van der Waals surface area contributed by atoms with E-state index in [1.165, 1.54) is 4.68 Å². The second-order valence-electron chi connectivity index (χ2n) is 3.45. The Morgan fingerprint density at radius 3 is 3.00 bits per heavy atom. The molecule has 1 aliphatic heterocycles. The maximum Gasteiger partial charge on any atom is 0.423 e. The fourth-order valence-electron chi connectivity index (χ4n) is 1.80. The van der Waals surface area contributed by atoms with Crippen LogP contribution in [0.25, 0.3) is 0 Å². The highest BCUT2D eigenvalue weighted by atomic mass is 16.7. The van der Waals surface area contributed by atoms with Gasteiger partial charge in [0, 0.05) is 0 Å². The highest BCUT2D eigenvalue weighted by Gasteiger charge is 2.31. The number of nitrogens with two attached hydrogens (primary N) is 1. The van der Waals surface area contributed by atoms with E-state index in [9.17, 15) is 0 Å². The Balaban J connectivity index is 2.21. The van der Waals surface area contributed by atoms with Gasteiger partial charge in [-0.25, -0.2) is 4.90 Å². The third-order valence-electron chi connectivity index (χ3n) is 2.51. The van der Waals surface area contributed by atoms with E-state index in [0.717, 1.165) is 17.4 Å². The number of imidazole rings is 1. The minimum atomic E-state index is 0.786. The highest BCUT2D eigenvalue weighted by Crippen LogP contribution is 2.35. The molecule has 2 N–H and O–H groups in total. The smallest absolute Gasteiger partial charge is 0.314 e. The Morgan fingerprint density at radius 2 is 2.13 bits per heavy atom. The number of benzene rings is 1. The molecule has 3 rings (SSSR count). The van der Waals surface area contributed by atoms with Crippen molar-refractivity contribution in [3.63, 3.8) is 0 Å². The van der Waals surface area contributed by atoms with Crippen LogP contribution >= 0.6 is 0 Å². The summed E-state index contributed by atoms with van der Waals surface area (Å²) in [5, 5.41) is 0. The minimum Gasteiger partial charge on any atom is -0.314 e. The van der Waals surface area contributed by atoms with Gasteiger partial charge < -0.3 is 4.84 Å². The van der Waals surface area contributed by atoms with Crippen molar-refractivity contribution in [2.75, 3.05) is 17.8 Å². The summed E-state index contributed by atoms with van der Waals surface area (Å²) in [6, 6.07) is 7.83. The van der Waals surface area contributed by atoms with Crippen LogP contribution in [0.15, 0.2) is 36.7 Å². The largest absolute Gasteiger partial charge is 0.423 e. The average molecular weight is 203 g/mol. The number of hydrogen-bond donors (Lipinski definition) is 1. The maximum atomic E-state index is 5.78. The summed E-state index contributed by atoms with van der Waals surface area (Å²) >= 11 is 0. The Morgan fingerprint density at radius 1 is 1.33 bits per heavy atom. The molecule has 0 atom stereocenters. The van der Waals surface area contributed by atoms with E-state index in [1.54, 1.807) is 17.1 Å². The first-order chi connectivity index (χ1) is 7.27. The summed E-state index contributed by atoms with van der Waals surface area (Å²) < 4.78 is 3.16. The minimum absolute atomic E-state index is 0.786. The van der Waals surface area contributed by atoms with Gasteiger partial charge in [-0.1, -0.05) is 12.1 Å². The molecule has 76 valence electrons. The molecule has 0 amide bonds. The lowest BCUT2D eigenvalue weighted by Gasteiger charge is -2.20. The predicted octanol–water partition coefficient (Wildman–Crippen LogP) is 0.413. The number of hydrogen-bond acceptors (Lipinski definition) is 3. The molecule has 1 aliphatic rings. The first-order valence-corrected chi connectivity index (χ1v) is 4.66. The van der Waals surface area contributed by atoms with Crippen LogP contribution in [0.4, 0.5) is 11.6 Å². The zero-order chi connectivity index (χ0) is 10.4. The van der Waals surface area contributed by atoms with Crippen LogP contribution in [0.2, 0.25) is 0 Å². The monoisotopic (exact) mass is 203 g/mol. The van der Waals surface area contributed by atoms with Gasteiger partial charge in [-0.15, -0.1) is 4.68 Å². The molecule has 0 unspecified atom stereocenters. The number of aromatic nitrogens is 2. The summed E-state index contributed by atoms with van der Waals surface area (Å²) in [7, 11) is 1.95. The SMILES string of the molecule is CN1c2ccccc2On2cc[n+](N)c21. The van der Waals surface area contributed by atoms with E-state index in [0.29, 0.717) is 0 Å². The summed E-state index contributed by atoms with van der Waals surface area (Å²) in [4.78, 5) is 7.63. The Kier molecular flexibility index (Phi) is 1.45. The molecule has 1 aromatic heterocycles. The van der Waals surface area contributed by atoms with Crippen molar-refractivity contribution in [1.82, 2.24) is 4.73 Å². The maximum absolute atomic E-state index is 5.78. The highest BCUT2D eigenvalue weighted by molar-refractivity contribution is 5.65. The lowest BCUT2D eigenvalue weighted by Crippen LogP contribution is -2.48. The topological polar surface area (TPSA) is 47.3 Å². The molecule has 5 heteroatoms. The molecule has 1 aromatic carbocycles. The van der Waals surface area contributed by atoms with Crippen LogP contribution in [0, 0.1) is 0 Å². The fraction of sp³-hybridized carbons (Fsp3) is 0.100. The number of rotatable bonds is 0. The van der Waals surface area contributed by atoms with Gasteiger partial charge in [0.25, 0.3) is 0 Å². The van der Waals surface area contributed by atoms with E-state index >= 15 is 0 Å². The van der Waals surface area contributed by atoms with Crippen LogP contribution < -0.4 is 20.3 Å². The van der Waals surface area contributed by atoms with Crippen LogP contribution in [0.5, 0.6) is 5.75 Å². The third kappa shape index (κ3) is 0.999. The van der Waals surface area contributed by atoms with Gasteiger partial charge in [0.15, 0.2) is 0 Å². The van der Waals surface area contributed by atoms with Gasteiger partial charge >= 0.3 is 5.95 Å². The van der Waals surface area contributed by atoms with Gasteiger partial charge in [0.1, 0.15) is 18.1 Å². The molecule has 2 heterocycles. The number of fused-ring (bicyclic) bond motifs is 2. The number of nitrogens with zero attached hydrogens (tertiary/aromatic N) is 3. The van der Waals surface area contributed by atoms with E-state index in [4.69, 9.17) is 10.7 Å². The van der Waals surface area contributed by atoms with Crippen LogP contribution in [0.1, 0.15) is 0 Å². The molecule has 0 spiro atoms. The van der Waals surface area contributed by atoms with E-state index in [2.05, 4.69) is 0 Å². The van der Waals surface area contributed by atoms with E-state index < -0.39 is 0 Å². The quantitative estimate of drug-likeness (QED) is 0.498. The van der Waals surface area contributed by atoms with Crippen molar-refractivity contribution in [1.29, 1.82) is 0 Å². The van der Waals surface area contributed by atoms with Gasteiger partial charge in [-0.05, 0) is 16.9 Å². The Hall–Kier alpha value is -2.17. The molecule has 0 saturated carbocycles. The lowest BCUT2D eigenvalue weighted by atomic mass is 10.2. The number of para-hydroxylation sites is 2.